The SMILES string of the molecule is Cc1cc(C)c(C(=O)OCc2ccccn2)cc1N. The van der Waals surface area contributed by atoms with Crippen LogP contribution in [0.2, 0.25) is 0 Å². The minimum absolute atomic E-state index is 0.160. The number of aromatic nitrogens is 1. The van der Waals surface area contributed by atoms with Gasteiger partial charge in [-0.25, -0.2) is 4.79 Å². The molecule has 0 atom stereocenters. The van der Waals surface area contributed by atoms with E-state index >= 15 is 0 Å². The number of hydrogen-bond acceptors (Lipinski definition) is 4. The maximum atomic E-state index is 12.0. The van der Waals surface area contributed by atoms with Crippen LogP contribution < -0.4 is 5.73 Å². The number of pyridine rings is 1. The number of nitrogens with zero attached hydrogens (tertiary/aromatic N) is 1. The molecule has 2 N–H and O–H groups in total. The molecule has 0 aliphatic heterocycles. The number of hydrogen-bond donors (Lipinski definition) is 1. The highest BCUT2D eigenvalue weighted by Gasteiger charge is 2.12. The summed E-state index contributed by atoms with van der Waals surface area (Å²) in [7, 11) is 0. The summed E-state index contributed by atoms with van der Waals surface area (Å²) < 4.78 is 5.23. The zero-order valence-corrected chi connectivity index (χ0v) is 11.0. The van der Waals surface area contributed by atoms with E-state index in [9.17, 15) is 4.79 Å². The topological polar surface area (TPSA) is 65.2 Å². The van der Waals surface area contributed by atoms with Gasteiger partial charge in [-0.3, -0.25) is 4.98 Å². The fourth-order valence-corrected chi connectivity index (χ4v) is 1.79. The van der Waals surface area contributed by atoms with Crippen LogP contribution in [0.4, 0.5) is 5.69 Å². The van der Waals surface area contributed by atoms with Crippen LogP contribution in [-0.2, 0) is 11.3 Å². The molecule has 0 aliphatic rings. The summed E-state index contributed by atoms with van der Waals surface area (Å²) in [5, 5.41) is 0. The summed E-state index contributed by atoms with van der Waals surface area (Å²) in [6.07, 6.45) is 1.66. The van der Waals surface area contributed by atoms with E-state index in [4.69, 9.17) is 10.5 Å². The minimum atomic E-state index is -0.380. The standard InChI is InChI=1S/C15H16N2O2/c1-10-7-11(2)14(16)8-13(10)15(18)19-9-12-5-3-4-6-17-12/h3-8H,9,16H2,1-2H3. The summed E-state index contributed by atoms with van der Waals surface area (Å²) in [4.78, 5) is 16.1. The van der Waals surface area contributed by atoms with Gasteiger partial charge >= 0.3 is 5.97 Å². The molecule has 19 heavy (non-hydrogen) atoms. The Labute approximate surface area is 112 Å². The molecule has 0 fully saturated rings. The Balaban J connectivity index is 2.10. The molecule has 98 valence electrons. The number of nitrogen functional groups attached to an aromatic ring is 1. The van der Waals surface area contributed by atoms with Crippen LogP contribution in [0.1, 0.15) is 27.2 Å². The molecule has 0 bridgehead atoms. The quantitative estimate of drug-likeness (QED) is 0.677. The van der Waals surface area contributed by atoms with Crippen molar-refractivity contribution in [3.8, 4) is 0 Å². The lowest BCUT2D eigenvalue weighted by atomic mass is 10.0. The first-order chi connectivity index (χ1) is 9.08. The van der Waals surface area contributed by atoms with Crippen molar-refractivity contribution in [1.82, 2.24) is 4.98 Å². The predicted molar refractivity (Wildman–Crippen MR) is 73.7 cm³/mol. The molecule has 0 unspecified atom stereocenters. The van der Waals surface area contributed by atoms with E-state index in [0.29, 0.717) is 16.9 Å². The van der Waals surface area contributed by atoms with Crippen molar-refractivity contribution < 1.29 is 9.53 Å². The van der Waals surface area contributed by atoms with E-state index in [0.717, 1.165) is 11.1 Å². The number of aryl methyl sites for hydroxylation is 2. The molecule has 0 radical (unpaired) electrons. The third kappa shape index (κ3) is 3.10. The number of benzene rings is 1. The predicted octanol–water partition coefficient (Wildman–Crippen LogP) is 2.64. The smallest absolute Gasteiger partial charge is 0.338 e. The van der Waals surface area contributed by atoms with Gasteiger partial charge in [0.25, 0.3) is 0 Å². The second-order valence-electron chi connectivity index (χ2n) is 4.42. The van der Waals surface area contributed by atoms with Gasteiger partial charge in [0.15, 0.2) is 0 Å². The molecule has 0 aliphatic carbocycles. The molecular weight excluding hydrogens is 240 g/mol. The molecule has 2 rings (SSSR count). The monoisotopic (exact) mass is 256 g/mol. The maximum absolute atomic E-state index is 12.0. The largest absolute Gasteiger partial charge is 0.456 e. The fraction of sp³-hybridized carbons (Fsp3) is 0.200. The number of carbonyl (C=O) groups is 1. The van der Waals surface area contributed by atoms with Crippen molar-refractivity contribution in [1.29, 1.82) is 0 Å². The van der Waals surface area contributed by atoms with Crippen LogP contribution >= 0.6 is 0 Å². The Kier molecular flexibility index (Phi) is 3.80. The number of carbonyl (C=O) groups excluding carboxylic acids is 1. The van der Waals surface area contributed by atoms with Gasteiger partial charge in [-0.05, 0) is 43.2 Å². The van der Waals surface area contributed by atoms with Crippen LogP contribution in [0.3, 0.4) is 0 Å². The molecule has 0 amide bonds. The van der Waals surface area contributed by atoms with E-state index < -0.39 is 0 Å². The molecule has 0 saturated carbocycles. The third-order valence-corrected chi connectivity index (χ3v) is 2.91. The molecule has 1 heterocycles. The van der Waals surface area contributed by atoms with Gasteiger partial charge in [-0.2, -0.15) is 0 Å². The highest BCUT2D eigenvalue weighted by atomic mass is 16.5. The van der Waals surface area contributed by atoms with Crippen LogP contribution in [0.15, 0.2) is 36.5 Å². The van der Waals surface area contributed by atoms with E-state index in [1.165, 1.54) is 0 Å². The Hall–Kier alpha value is -2.36. The molecule has 4 nitrogen and oxygen atoms in total. The van der Waals surface area contributed by atoms with Crippen LogP contribution in [-0.4, -0.2) is 11.0 Å². The van der Waals surface area contributed by atoms with Crippen molar-refractivity contribution in [3.63, 3.8) is 0 Å². The summed E-state index contributed by atoms with van der Waals surface area (Å²) in [6.45, 7) is 3.93. The molecule has 0 saturated heterocycles. The molecule has 1 aromatic heterocycles. The van der Waals surface area contributed by atoms with E-state index in [1.54, 1.807) is 12.3 Å². The maximum Gasteiger partial charge on any atom is 0.338 e. The highest BCUT2D eigenvalue weighted by molar-refractivity contribution is 5.92. The van der Waals surface area contributed by atoms with E-state index in [-0.39, 0.29) is 12.6 Å². The second kappa shape index (κ2) is 5.52. The van der Waals surface area contributed by atoms with Crippen molar-refractivity contribution in [2.75, 3.05) is 5.73 Å². The van der Waals surface area contributed by atoms with Crippen molar-refractivity contribution in [3.05, 3.63) is 58.9 Å². The number of nitrogens with two attached hydrogens (primary N) is 1. The fourth-order valence-electron chi connectivity index (χ4n) is 1.79. The zero-order chi connectivity index (χ0) is 13.8. The van der Waals surface area contributed by atoms with Gasteiger partial charge < -0.3 is 10.5 Å². The number of esters is 1. The van der Waals surface area contributed by atoms with Crippen molar-refractivity contribution in [2.24, 2.45) is 0 Å². The normalized spacial score (nSPS) is 10.2. The lowest BCUT2D eigenvalue weighted by Crippen LogP contribution is -2.09. The van der Waals surface area contributed by atoms with Gasteiger partial charge in [0.1, 0.15) is 6.61 Å². The lowest BCUT2D eigenvalue weighted by molar-refractivity contribution is 0.0467. The van der Waals surface area contributed by atoms with Gasteiger partial charge in [0.2, 0.25) is 0 Å². The third-order valence-electron chi connectivity index (χ3n) is 2.91. The lowest BCUT2D eigenvalue weighted by Gasteiger charge is -2.09. The molecule has 0 spiro atoms. The van der Waals surface area contributed by atoms with Crippen molar-refractivity contribution >= 4 is 11.7 Å². The molecule has 2 aromatic rings. The average molecular weight is 256 g/mol. The van der Waals surface area contributed by atoms with Gasteiger partial charge in [-0.15, -0.1) is 0 Å². The van der Waals surface area contributed by atoms with Gasteiger partial charge in [0, 0.05) is 11.9 Å². The van der Waals surface area contributed by atoms with E-state index in [2.05, 4.69) is 4.98 Å². The van der Waals surface area contributed by atoms with Crippen LogP contribution in [0.5, 0.6) is 0 Å². The molecule has 1 aromatic carbocycles. The van der Waals surface area contributed by atoms with Gasteiger partial charge in [0.05, 0.1) is 11.3 Å². The van der Waals surface area contributed by atoms with E-state index in [1.807, 2.05) is 38.1 Å². The summed E-state index contributed by atoms with van der Waals surface area (Å²) >= 11 is 0. The van der Waals surface area contributed by atoms with Crippen LogP contribution in [0.25, 0.3) is 0 Å². The number of rotatable bonds is 3. The Bertz CT molecular complexity index is 595. The summed E-state index contributed by atoms with van der Waals surface area (Å²) in [5.74, 6) is -0.380. The first kappa shape index (κ1) is 13.1. The first-order valence-electron chi connectivity index (χ1n) is 6.01. The van der Waals surface area contributed by atoms with Crippen LogP contribution in [0, 0.1) is 13.8 Å². The van der Waals surface area contributed by atoms with Crippen molar-refractivity contribution in [2.45, 2.75) is 20.5 Å². The summed E-state index contributed by atoms with van der Waals surface area (Å²) in [6, 6.07) is 9.02. The molecule has 4 heteroatoms. The zero-order valence-electron chi connectivity index (χ0n) is 11.0. The summed E-state index contributed by atoms with van der Waals surface area (Å²) in [5.41, 5.74) is 9.44. The Morgan fingerprint density at radius 1 is 1.26 bits per heavy atom. The number of anilines is 1. The first-order valence-corrected chi connectivity index (χ1v) is 6.01. The Morgan fingerprint density at radius 3 is 2.74 bits per heavy atom. The Morgan fingerprint density at radius 2 is 2.05 bits per heavy atom. The number of ether oxygens (including phenoxy) is 1. The van der Waals surface area contributed by atoms with Gasteiger partial charge in [-0.1, -0.05) is 12.1 Å². The molecular formula is C15H16N2O2. The second-order valence-corrected chi connectivity index (χ2v) is 4.42. The minimum Gasteiger partial charge on any atom is -0.456 e. The average Bonchev–Trinajstić information content (AvgIpc) is 2.41. The highest BCUT2D eigenvalue weighted by Crippen LogP contribution is 2.18.